The number of hydrogen-bond donors (Lipinski definition) is 0. The van der Waals surface area contributed by atoms with E-state index in [-0.39, 0.29) is 0 Å². The number of alkyl halides is 1. The van der Waals surface area contributed by atoms with Crippen molar-refractivity contribution in [1.82, 2.24) is 4.98 Å². The van der Waals surface area contributed by atoms with Crippen molar-refractivity contribution >= 4 is 26.8 Å². The van der Waals surface area contributed by atoms with Crippen molar-refractivity contribution in [2.75, 3.05) is 0 Å². The zero-order valence-electron chi connectivity index (χ0n) is 10.8. The SMILES string of the molecule is Fc1cc(CBr)cc(F)c1Oc1ccc2cccnc2c1. The molecular formula is C16H10BrF2NO. The van der Waals surface area contributed by atoms with E-state index in [2.05, 4.69) is 20.9 Å². The number of nitrogens with zero attached hydrogens (tertiary/aromatic N) is 1. The minimum atomic E-state index is -0.731. The van der Waals surface area contributed by atoms with Gasteiger partial charge in [-0.25, -0.2) is 8.78 Å². The fourth-order valence-electron chi connectivity index (χ4n) is 2.01. The summed E-state index contributed by atoms with van der Waals surface area (Å²) in [6.07, 6.45) is 1.65. The highest BCUT2D eigenvalue weighted by Gasteiger charge is 2.13. The second-order valence-corrected chi connectivity index (χ2v) is 5.04. The molecule has 0 fully saturated rings. The molecule has 1 aromatic heterocycles. The lowest BCUT2D eigenvalue weighted by atomic mass is 10.2. The van der Waals surface area contributed by atoms with Gasteiger partial charge in [0.25, 0.3) is 0 Å². The lowest BCUT2D eigenvalue weighted by molar-refractivity contribution is 0.407. The Morgan fingerprint density at radius 3 is 2.52 bits per heavy atom. The number of benzene rings is 2. The van der Waals surface area contributed by atoms with Crippen LogP contribution in [-0.2, 0) is 5.33 Å². The zero-order valence-corrected chi connectivity index (χ0v) is 12.4. The maximum absolute atomic E-state index is 13.9. The van der Waals surface area contributed by atoms with Gasteiger partial charge in [-0.3, -0.25) is 4.98 Å². The third-order valence-corrected chi connectivity index (χ3v) is 3.66. The van der Waals surface area contributed by atoms with E-state index in [1.807, 2.05) is 12.1 Å². The number of aromatic nitrogens is 1. The van der Waals surface area contributed by atoms with Crippen LogP contribution in [0.2, 0.25) is 0 Å². The van der Waals surface area contributed by atoms with Crippen LogP contribution in [0.4, 0.5) is 8.78 Å². The lowest BCUT2D eigenvalue weighted by Crippen LogP contribution is -1.95. The molecule has 3 aromatic rings. The van der Waals surface area contributed by atoms with Gasteiger partial charge in [-0.15, -0.1) is 0 Å². The van der Waals surface area contributed by atoms with Crippen molar-refractivity contribution in [2.45, 2.75) is 5.33 Å². The maximum atomic E-state index is 13.9. The van der Waals surface area contributed by atoms with Crippen LogP contribution in [0.25, 0.3) is 10.9 Å². The van der Waals surface area contributed by atoms with E-state index in [0.29, 0.717) is 22.2 Å². The Morgan fingerprint density at radius 1 is 1.05 bits per heavy atom. The van der Waals surface area contributed by atoms with Crippen molar-refractivity contribution < 1.29 is 13.5 Å². The molecule has 0 aliphatic rings. The monoisotopic (exact) mass is 349 g/mol. The van der Waals surface area contributed by atoms with Gasteiger partial charge < -0.3 is 4.74 Å². The van der Waals surface area contributed by atoms with Gasteiger partial charge in [0.05, 0.1) is 5.52 Å². The molecule has 1 heterocycles. The molecule has 0 aliphatic carbocycles. The second-order valence-electron chi connectivity index (χ2n) is 4.48. The first kappa shape index (κ1) is 13.9. The van der Waals surface area contributed by atoms with E-state index in [9.17, 15) is 8.78 Å². The highest BCUT2D eigenvalue weighted by molar-refractivity contribution is 9.08. The van der Waals surface area contributed by atoms with Gasteiger partial charge in [0.15, 0.2) is 17.4 Å². The molecule has 0 saturated heterocycles. The first-order valence-electron chi connectivity index (χ1n) is 6.24. The number of ether oxygens (including phenoxy) is 1. The van der Waals surface area contributed by atoms with Gasteiger partial charge >= 0.3 is 0 Å². The van der Waals surface area contributed by atoms with Crippen molar-refractivity contribution in [3.05, 3.63) is 65.9 Å². The first-order chi connectivity index (χ1) is 10.2. The highest BCUT2D eigenvalue weighted by atomic mass is 79.9. The van der Waals surface area contributed by atoms with Gasteiger partial charge in [-0.05, 0) is 35.9 Å². The van der Waals surface area contributed by atoms with Gasteiger partial charge in [-0.2, -0.15) is 0 Å². The number of hydrogen-bond acceptors (Lipinski definition) is 2. The molecule has 5 heteroatoms. The van der Waals surface area contributed by atoms with Crippen molar-refractivity contribution in [2.24, 2.45) is 0 Å². The van der Waals surface area contributed by atoms with E-state index in [0.717, 1.165) is 5.39 Å². The van der Waals surface area contributed by atoms with Gasteiger partial charge in [0.2, 0.25) is 0 Å². The molecule has 0 N–H and O–H groups in total. The fourth-order valence-corrected chi connectivity index (χ4v) is 2.34. The van der Waals surface area contributed by atoms with Crippen LogP contribution in [-0.4, -0.2) is 4.98 Å². The van der Waals surface area contributed by atoms with Crippen molar-refractivity contribution in [3.8, 4) is 11.5 Å². The molecule has 0 spiro atoms. The lowest BCUT2D eigenvalue weighted by Gasteiger charge is -2.09. The van der Waals surface area contributed by atoms with Gasteiger partial charge in [0, 0.05) is 23.0 Å². The molecule has 2 aromatic carbocycles. The molecule has 0 unspecified atom stereocenters. The molecule has 0 aliphatic heterocycles. The molecule has 0 atom stereocenters. The van der Waals surface area contributed by atoms with Crippen LogP contribution in [0.1, 0.15) is 5.56 Å². The summed E-state index contributed by atoms with van der Waals surface area (Å²) < 4.78 is 33.1. The molecule has 2 nitrogen and oxygen atoms in total. The van der Waals surface area contributed by atoms with E-state index in [4.69, 9.17) is 4.74 Å². The molecule has 106 valence electrons. The van der Waals surface area contributed by atoms with E-state index >= 15 is 0 Å². The van der Waals surface area contributed by atoms with Crippen LogP contribution < -0.4 is 4.74 Å². The summed E-state index contributed by atoms with van der Waals surface area (Å²) in [5, 5.41) is 1.31. The molecule has 0 radical (unpaired) electrons. The quantitative estimate of drug-likeness (QED) is 0.606. The Morgan fingerprint density at radius 2 is 1.81 bits per heavy atom. The summed E-state index contributed by atoms with van der Waals surface area (Å²) >= 11 is 3.16. The Hall–Kier alpha value is -2.01. The van der Waals surface area contributed by atoms with E-state index < -0.39 is 17.4 Å². The number of fused-ring (bicyclic) bond motifs is 1. The summed E-state index contributed by atoms with van der Waals surface area (Å²) in [6, 6.07) is 11.3. The van der Waals surface area contributed by atoms with Crippen molar-refractivity contribution in [3.63, 3.8) is 0 Å². The Labute approximate surface area is 128 Å². The standard InChI is InChI=1S/C16H10BrF2NO/c17-9-10-6-13(18)16(14(19)7-10)21-12-4-3-11-2-1-5-20-15(11)8-12/h1-8H,9H2. The van der Waals surface area contributed by atoms with Crippen LogP contribution in [0.3, 0.4) is 0 Å². The van der Waals surface area contributed by atoms with E-state index in [1.54, 1.807) is 24.4 Å². The molecule has 0 saturated carbocycles. The number of rotatable bonds is 3. The van der Waals surface area contributed by atoms with Crippen LogP contribution in [0.5, 0.6) is 11.5 Å². The van der Waals surface area contributed by atoms with Crippen molar-refractivity contribution in [1.29, 1.82) is 0 Å². The van der Waals surface area contributed by atoms with Crippen LogP contribution >= 0.6 is 15.9 Å². The first-order valence-corrected chi connectivity index (χ1v) is 7.36. The van der Waals surface area contributed by atoms with Gasteiger partial charge in [0.1, 0.15) is 5.75 Å². The zero-order chi connectivity index (χ0) is 14.8. The smallest absolute Gasteiger partial charge is 0.198 e. The summed E-state index contributed by atoms with van der Waals surface area (Å²) in [4.78, 5) is 4.18. The molecule has 0 bridgehead atoms. The predicted molar refractivity (Wildman–Crippen MR) is 80.8 cm³/mol. The maximum Gasteiger partial charge on any atom is 0.198 e. The van der Waals surface area contributed by atoms with E-state index in [1.165, 1.54) is 12.1 Å². The van der Waals surface area contributed by atoms with Crippen LogP contribution in [0, 0.1) is 11.6 Å². The Kier molecular flexibility index (Phi) is 3.84. The summed E-state index contributed by atoms with van der Waals surface area (Å²) in [5.41, 5.74) is 1.21. The number of halogens is 3. The van der Waals surface area contributed by atoms with Crippen LogP contribution in [0.15, 0.2) is 48.7 Å². The predicted octanol–water partition coefficient (Wildman–Crippen LogP) is 5.20. The molecule has 3 rings (SSSR count). The minimum absolute atomic E-state index is 0.339. The third-order valence-electron chi connectivity index (χ3n) is 3.01. The summed E-state index contributed by atoms with van der Waals surface area (Å²) in [7, 11) is 0. The Bertz CT molecular complexity index is 784. The third kappa shape index (κ3) is 2.88. The Balaban J connectivity index is 1.98. The molecule has 0 amide bonds. The van der Waals surface area contributed by atoms with Gasteiger partial charge in [-0.1, -0.05) is 22.0 Å². The number of pyridine rings is 1. The topological polar surface area (TPSA) is 22.1 Å². The summed E-state index contributed by atoms with van der Waals surface area (Å²) in [6.45, 7) is 0. The fraction of sp³-hybridized carbons (Fsp3) is 0.0625. The normalized spacial score (nSPS) is 10.8. The second kappa shape index (κ2) is 5.77. The minimum Gasteiger partial charge on any atom is -0.451 e. The average molecular weight is 350 g/mol. The molecule has 21 heavy (non-hydrogen) atoms. The summed E-state index contributed by atoms with van der Waals surface area (Å²) in [5.74, 6) is -1.53. The average Bonchev–Trinajstić information content (AvgIpc) is 2.50. The molecular weight excluding hydrogens is 340 g/mol. The largest absolute Gasteiger partial charge is 0.451 e. The highest BCUT2D eigenvalue weighted by Crippen LogP contribution is 2.30.